The van der Waals surface area contributed by atoms with E-state index in [4.69, 9.17) is 4.74 Å². The van der Waals surface area contributed by atoms with Crippen LogP contribution in [-0.4, -0.2) is 24.0 Å². The zero-order chi connectivity index (χ0) is 28.9. The summed E-state index contributed by atoms with van der Waals surface area (Å²) in [5, 5.41) is 20.5. The SMILES string of the molecule is C=C1C(O)=C(C#N)C[C@]2(C)/C(=C/C(C)=O)[C@](C)(C(C)(C)CC[C@@]3(C(=O)OC)CCC(C)(C)CC3C)CC[C@@H]12. The van der Waals surface area contributed by atoms with Crippen molar-refractivity contribution in [3.63, 3.8) is 0 Å². The maximum atomic E-state index is 13.3. The molecule has 0 aromatic rings. The van der Waals surface area contributed by atoms with E-state index in [-0.39, 0.29) is 45.6 Å². The topological polar surface area (TPSA) is 87.4 Å². The van der Waals surface area contributed by atoms with Gasteiger partial charge in [0.15, 0.2) is 5.78 Å². The largest absolute Gasteiger partial charge is 0.507 e. The molecule has 3 rings (SSSR count). The number of ketones is 1. The van der Waals surface area contributed by atoms with Crippen molar-refractivity contribution in [3.05, 3.63) is 35.1 Å². The van der Waals surface area contributed by atoms with Crippen molar-refractivity contribution in [1.82, 2.24) is 0 Å². The molecule has 0 radical (unpaired) electrons. The molecule has 2 saturated carbocycles. The summed E-state index contributed by atoms with van der Waals surface area (Å²) in [4.78, 5) is 26.0. The van der Waals surface area contributed by atoms with E-state index in [1.807, 2.05) is 0 Å². The summed E-state index contributed by atoms with van der Waals surface area (Å²) < 4.78 is 5.41. The highest BCUT2D eigenvalue weighted by atomic mass is 16.5. The highest BCUT2D eigenvalue weighted by Crippen LogP contribution is 2.67. The fourth-order valence-corrected chi connectivity index (χ4v) is 8.34. The molecule has 0 saturated heterocycles. The van der Waals surface area contributed by atoms with E-state index in [1.54, 1.807) is 13.0 Å². The van der Waals surface area contributed by atoms with Gasteiger partial charge in [-0.15, -0.1) is 0 Å². The first-order valence-corrected chi connectivity index (χ1v) is 14.2. The second kappa shape index (κ2) is 10.00. The number of allylic oxidation sites excluding steroid dienone is 4. The number of nitrogens with zero attached hydrogens (tertiary/aromatic N) is 1. The molecular formula is C33H49NO4. The van der Waals surface area contributed by atoms with E-state index in [0.717, 1.165) is 50.5 Å². The lowest BCUT2D eigenvalue weighted by Crippen LogP contribution is -2.52. The van der Waals surface area contributed by atoms with Crippen LogP contribution < -0.4 is 0 Å². The Morgan fingerprint density at radius 1 is 1.21 bits per heavy atom. The molecule has 0 heterocycles. The van der Waals surface area contributed by atoms with E-state index in [2.05, 4.69) is 61.1 Å². The first-order chi connectivity index (χ1) is 17.4. The molecule has 0 bridgehead atoms. The van der Waals surface area contributed by atoms with Crippen LogP contribution in [0.1, 0.15) is 107 Å². The number of hydrogen-bond donors (Lipinski definition) is 1. The molecule has 38 heavy (non-hydrogen) atoms. The Labute approximate surface area is 230 Å². The smallest absolute Gasteiger partial charge is 0.312 e. The monoisotopic (exact) mass is 523 g/mol. The van der Waals surface area contributed by atoms with Gasteiger partial charge in [-0.1, -0.05) is 60.6 Å². The van der Waals surface area contributed by atoms with Crippen molar-refractivity contribution in [2.24, 2.45) is 38.9 Å². The lowest BCUT2D eigenvalue weighted by Gasteiger charge is -2.60. The van der Waals surface area contributed by atoms with Gasteiger partial charge in [0.05, 0.1) is 24.2 Å². The molecule has 0 aromatic carbocycles. The lowest BCUT2D eigenvalue weighted by atomic mass is 9.44. The van der Waals surface area contributed by atoms with Gasteiger partial charge < -0.3 is 9.84 Å². The van der Waals surface area contributed by atoms with Crippen molar-refractivity contribution in [2.45, 2.75) is 107 Å². The molecule has 1 unspecified atom stereocenters. The Hall–Kier alpha value is -2.35. The number of esters is 1. The van der Waals surface area contributed by atoms with Crippen LogP contribution in [0, 0.1) is 50.2 Å². The fourth-order valence-electron chi connectivity index (χ4n) is 8.34. The van der Waals surface area contributed by atoms with E-state index in [1.165, 1.54) is 7.11 Å². The highest BCUT2D eigenvalue weighted by molar-refractivity contribution is 5.88. The number of carbonyl (C=O) groups is 2. The van der Waals surface area contributed by atoms with Crippen LogP contribution in [0.5, 0.6) is 0 Å². The Balaban J connectivity index is 2.04. The number of methoxy groups -OCH3 is 1. The van der Waals surface area contributed by atoms with Crippen molar-refractivity contribution < 1.29 is 19.4 Å². The zero-order valence-electron chi connectivity index (χ0n) is 25.2. The van der Waals surface area contributed by atoms with Crippen LogP contribution in [-0.2, 0) is 14.3 Å². The number of carbonyl (C=O) groups excluding carboxylic acids is 2. The minimum atomic E-state index is -0.509. The Morgan fingerprint density at radius 3 is 2.37 bits per heavy atom. The van der Waals surface area contributed by atoms with Gasteiger partial charge in [0.25, 0.3) is 0 Å². The first-order valence-electron chi connectivity index (χ1n) is 14.2. The summed E-state index contributed by atoms with van der Waals surface area (Å²) in [6, 6.07) is 2.19. The molecule has 5 atom stereocenters. The number of fused-ring (bicyclic) bond motifs is 1. The third-order valence-electron chi connectivity index (χ3n) is 11.3. The molecule has 3 aliphatic rings. The summed E-state index contributed by atoms with van der Waals surface area (Å²) in [5.41, 5.74) is 0.618. The van der Waals surface area contributed by atoms with Crippen molar-refractivity contribution in [2.75, 3.05) is 7.11 Å². The summed E-state index contributed by atoms with van der Waals surface area (Å²) >= 11 is 0. The average Bonchev–Trinajstić information content (AvgIpc) is 2.82. The standard InChI is InChI=1S/C33H49NO4/c1-21-18-29(4,5)13-15-33(21,28(37)38-10)16-14-30(6,7)32(9)12-11-25-23(3)27(36)24(20-34)19-31(25,8)26(32)17-22(2)35/h17,21,25,36H,3,11-16,18-19H2,1-2,4-10H3/b26-17-/t21?,25-,31-,32+,33-/m0/s1. The van der Waals surface area contributed by atoms with Crippen molar-refractivity contribution >= 4 is 11.8 Å². The van der Waals surface area contributed by atoms with Crippen LogP contribution in [0.2, 0.25) is 0 Å². The third-order valence-corrected chi connectivity index (χ3v) is 11.3. The van der Waals surface area contributed by atoms with Gasteiger partial charge in [-0.05, 0) is 98.0 Å². The van der Waals surface area contributed by atoms with Gasteiger partial charge in [-0.25, -0.2) is 0 Å². The third kappa shape index (κ3) is 4.78. The molecule has 5 heteroatoms. The van der Waals surface area contributed by atoms with Crippen molar-refractivity contribution in [3.8, 4) is 6.07 Å². The molecule has 3 aliphatic carbocycles. The summed E-state index contributed by atoms with van der Waals surface area (Å²) in [7, 11) is 1.50. The van der Waals surface area contributed by atoms with Crippen LogP contribution in [0.25, 0.3) is 0 Å². The van der Waals surface area contributed by atoms with Gasteiger partial charge in [0.1, 0.15) is 5.76 Å². The van der Waals surface area contributed by atoms with Crippen molar-refractivity contribution in [1.29, 1.82) is 5.26 Å². The predicted octanol–water partition coefficient (Wildman–Crippen LogP) is 8.03. The number of nitriles is 1. The van der Waals surface area contributed by atoms with Crippen LogP contribution in [0.15, 0.2) is 35.1 Å². The van der Waals surface area contributed by atoms with Crippen LogP contribution >= 0.6 is 0 Å². The van der Waals surface area contributed by atoms with E-state index >= 15 is 0 Å². The van der Waals surface area contributed by atoms with Gasteiger partial charge in [0, 0.05) is 5.41 Å². The number of hydrogen-bond acceptors (Lipinski definition) is 5. The van der Waals surface area contributed by atoms with Gasteiger partial charge in [-0.2, -0.15) is 5.26 Å². The van der Waals surface area contributed by atoms with E-state index < -0.39 is 10.8 Å². The summed E-state index contributed by atoms with van der Waals surface area (Å²) in [5.74, 6) is 0.0986. The molecule has 0 spiro atoms. The molecular weight excluding hydrogens is 474 g/mol. The van der Waals surface area contributed by atoms with Gasteiger partial charge in [-0.3, -0.25) is 9.59 Å². The summed E-state index contributed by atoms with van der Waals surface area (Å²) in [6.45, 7) is 21.5. The predicted molar refractivity (Wildman–Crippen MR) is 151 cm³/mol. The molecule has 2 fully saturated rings. The normalized spacial score (nSPS) is 36.4. The number of ether oxygens (including phenoxy) is 1. The molecule has 0 aliphatic heterocycles. The second-order valence-electron chi connectivity index (χ2n) is 14.5. The number of aliphatic hydroxyl groups excluding tert-OH is 1. The minimum Gasteiger partial charge on any atom is -0.507 e. The maximum absolute atomic E-state index is 13.3. The molecule has 0 aromatic heterocycles. The number of aliphatic hydroxyl groups is 1. The van der Waals surface area contributed by atoms with E-state index in [9.17, 15) is 20.0 Å². The highest BCUT2D eigenvalue weighted by Gasteiger charge is 2.58. The summed E-state index contributed by atoms with van der Waals surface area (Å²) in [6.07, 6.45) is 8.20. The Kier molecular flexibility index (Phi) is 7.94. The second-order valence-corrected chi connectivity index (χ2v) is 14.5. The van der Waals surface area contributed by atoms with E-state index in [0.29, 0.717) is 17.6 Å². The fraction of sp³-hybridized carbons (Fsp3) is 0.727. The molecule has 5 nitrogen and oxygen atoms in total. The maximum Gasteiger partial charge on any atom is 0.312 e. The minimum absolute atomic E-state index is 0.0130. The first kappa shape index (κ1) is 30.2. The van der Waals surface area contributed by atoms with Gasteiger partial charge in [0.2, 0.25) is 0 Å². The Morgan fingerprint density at radius 2 is 1.84 bits per heavy atom. The van der Waals surface area contributed by atoms with Crippen LogP contribution in [0.3, 0.4) is 0 Å². The number of rotatable bonds is 6. The van der Waals surface area contributed by atoms with Crippen LogP contribution in [0.4, 0.5) is 0 Å². The average molecular weight is 524 g/mol. The Bertz CT molecular complexity index is 1120. The molecule has 0 amide bonds. The quantitative estimate of drug-likeness (QED) is 0.281. The zero-order valence-corrected chi connectivity index (χ0v) is 25.2. The molecule has 210 valence electrons. The lowest BCUT2D eigenvalue weighted by molar-refractivity contribution is -0.162. The molecule has 1 N–H and O–H groups in total. The van der Waals surface area contributed by atoms with Gasteiger partial charge >= 0.3 is 5.97 Å².